The van der Waals surface area contributed by atoms with Gasteiger partial charge in [-0.2, -0.15) is 0 Å². The molecule has 0 saturated carbocycles. The summed E-state index contributed by atoms with van der Waals surface area (Å²) in [7, 11) is 0. The van der Waals surface area contributed by atoms with E-state index in [4.69, 9.17) is 0 Å². The number of hydrogen-bond donors (Lipinski definition) is 2. The fourth-order valence-electron chi connectivity index (χ4n) is 4.67. The smallest absolute Gasteiger partial charge is 0.313 e. The molecule has 1 fully saturated rings. The van der Waals surface area contributed by atoms with Crippen molar-refractivity contribution in [2.24, 2.45) is 5.92 Å². The zero-order valence-electron chi connectivity index (χ0n) is 20.9. The van der Waals surface area contributed by atoms with Gasteiger partial charge in [0.05, 0.1) is 0 Å². The van der Waals surface area contributed by atoms with Crippen LogP contribution >= 0.6 is 0 Å². The fraction of sp³-hybridized carbons (Fsp3) is 0.444. The second-order valence-electron chi connectivity index (χ2n) is 9.61. The number of nitrogens with one attached hydrogen (secondary N) is 2. The maximum absolute atomic E-state index is 13.1. The summed E-state index contributed by atoms with van der Waals surface area (Å²) in [5.74, 6) is -1.73. The Balaban J connectivity index is 1.23. The van der Waals surface area contributed by atoms with Gasteiger partial charge < -0.3 is 20.4 Å². The topological polar surface area (TPSA) is 85.0 Å². The number of nitrogens with zero attached hydrogens (tertiary/aromatic N) is 3. The Bertz CT molecular complexity index is 1100. The summed E-state index contributed by atoms with van der Waals surface area (Å²) in [6, 6.07) is 12.0. The van der Waals surface area contributed by atoms with Gasteiger partial charge in [-0.15, -0.1) is 0 Å². The van der Waals surface area contributed by atoms with Gasteiger partial charge in [-0.1, -0.05) is 19.9 Å². The van der Waals surface area contributed by atoms with Crippen LogP contribution in [0.3, 0.4) is 0 Å². The highest BCUT2D eigenvalue weighted by molar-refractivity contribution is 6.39. The molecule has 1 saturated heterocycles. The Morgan fingerprint density at radius 2 is 1.67 bits per heavy atom. The summed E-state index contributed by atoms with van der Waals surface area (Å²) in [6.07, 6.45) is 1.78. The molecule has 2 N–H and O–H groups in total. The van der Waals surface area contributed by atoms with Crippen molar-refractivity contribution in [1.82, 2.24) is 10.2 Å². The monoisotopic (exact) mass is 495 g/mol. The maximum atomic E-state index is 13.1. The quantitative estimate of drug-likeness (QED) is 0.602. The first kappa shape index (κ1) is 25.6. The molecule has 0 atom stereocenters. The van der Waals surface area contributed by atoms with Gasteiger partial charge in [-0.25, -0.2) is 4.39 Å². The van der Waals surface area contributed by atoms with Gasteiger partial charge >= 0.3 is 11.8 Å². The van der Waals surface area contributed by atoms with Crippen molar-refractivity contribution in [3.63, 3.8) is 0 Å². The number of benzene rings is 2. The molecule has 36 heavy (non-hydrogen) atoms. The standard InChI is InChI=1S/C27H34FN5O3/c1-19(2)27(36)33-12-3-4-20-5-8-22(18-24(20)33)30-26(35)25(34)29-11-13-31-14-16-32(17-15-31)23-9-6-21(28)7-10-23/h5-10,18-19H,3-4,11-17H2,1-2H3,(H,29,34)(H,30,35). The van der Waals surface area contributed by atoms with Gasteiger partial charge in [0.2, 0.25) is 5.91 Å². The number of piperazine rings is 1. The third-order valence-corrected chi connectivity index (χ3v) is 6.71. The third kappa shape index (κ3) is 6.20. The van der Waals surface area contributed by atoms with Crippen molar-refractivity contribution in [2.75, 3.05) is 60.9 Å². The first-order chi connectivity index (χ1) is 17.3. The van der Waals surface area contributed by atoms with Crippen LogP contribution in [0.15, 0.2) is 42.5 Å². The number of carbonyl (C=O) groups is 3. The predicted molar refractivity (Wildman–Crippen MR) is 139 cm³/mol. The lowest BCUT2D eigenvalue weighted by molar-refractivity contribution is -0.136. The normalized spacial score (nSPS) is 16.0. The number of fused-ring (bicyclic) bond motifs is 1. The molecule has 192 valence electrons. The van der Waals surface area contributed by atoms with Crippen LogP contribution in [0.1, 0.15) is 25.8 Å². The van der Waals surface area contributed by atoms with E-state index in [9.17, 15) is 18.8 Å². The number of carbonyl (C=O) groups excluding carboxylic acids is 3. The second-order valence-corrected chi connectivity index (χ2v) is 9.61. The Morgan fingerprint density at radius 1 is 0.944 bits per heavy atom. The molecule has 2 heterocycles. The molecule has 9 heteroatoms. The number of amides is 3. The number of hydrogen-bond acceptors (Lipinski definition) is 5. The second kappa shape index (κ2) is 11.5. The van der Waals surface area contributed by atoms with E-state index in [1.165, 1.54) is 12.1 Å². The minimum atomic E-state index is -0.728. The third-order valence-electron chi connectivity index (χ3n) is 6.71. The molecule has 0 radical (unpaired) electrons. The molecular formula is C27H34FN5O3. The van der Waals surface area contributed by atoms with Crippen LogP contribution < -0.4 is 20.4 Å². The van der Waals surface area contributed by atoms with Gasteiger partial charge in [0, 0.05) is 68.8 Å². The number of aryl methyl sites for hydroxylation is 1. The summed E-state index contributed by atoms with van der Waals surface area (Å²) in [6.45, 7) is 8.67. The van der Waals surface area contributed by atoms with Crippen LogP contribution in [0.2, 0.25) is 0 Å². The molecule has 2 aromatic carbocycles. The van der Waals surface area contributed by atoms with E-state index in [0.29, 0.717) is 25.3 Å². The van der Waals surface area contributed by atoms with Crippen molar-refractivity contribution < 1.29 is 18.8 Å². The molecule has 0 bridgehead atoms. The highest BCUT2D eigenvalue weighted by atomic mass is 19.1. The van der Waals surface area contributed by atoms with Crippen LogP contribution in [0.4, 0.5) is 21.5 Å². The summed E-state index contributed by atoms with van der Waals surface area (Å²) < 4.78 is 13.1. The van der Waals surface area contributed by atoms with Crippen LogP contribution in [0.25, 0.3) is 0 Å². The zero-order valence-corrected chi connectivity index (χ0v) is 20.9. The summed E-state index contributed by atoms with van der Waals surface area (Å²) in [5, 5.41) is 5.35. The van der Waals surface area contributed by atoms with Gasteiger partial charge in [-0.3, -0.25) is 19.3 Å². The van der Waals surface area contributed by atoms with E-state index in [2.05, 4.69) is 20.4 Å². The lowest BCUT2D eigenvalue weighted by Gasteiger charge is -2.36. The van der Waals surface area contributed by atoms with Crippen molar-refractivity contribution >= 4 is 34.8 Å². The van der Waals surface area contributed by atoms with E-state index < -0.39 is 11.8 Å². The highest BCUT2D eigenvalue weighted by Crippen LogP contribution is 2.31. The lowest BCUT2D eigenvalue weighted by Crippen LogP contribution is -2.49. The van der Waals surface area contributed by atoms with Crippen molar-refractivity contribution in [2.45, 2.75) is 26.7 Å². The van der Waals surface area contributed by atoms with Gasteiger partial charge in [-0.05, 0) is 54.8 Å². The molecule has 2 aliphatic heterocycles. The molecule has 0 spiro atoms. The van der Waals surface area contributed by atoms with Crippen molar-refractivity contribution in [1.29, 1.82) is 0 Å². The van der Waals surface area contributed by atoms with E-state index in [1.54, 1.807) is 29.2 Å². The van der Waals surface area contributed by atoms with Crippen molar-refractivity contribution in [3.8, 4) is 0 Å². The van der Waals surface area contributed by atoms with Crippen LogP contribution in [-0.4, -0.2) is 68.4 Å². The van der Waals surface area contributed by atoms with E-state index in [1.807, 2.05) is 19.9 Å². The summed E-state index contributed by atoms with van der Waals surface area (Å²) in [4.78, 5) is 43.6. The predicted octanol–water partition coefficient (Wildman–Crippen LogP) is 2.64. The first-order valence-corrected chi connectivity index (χ1v) is 12.6. The molecule has 0 aromatic heterocycles. The Kier molecular flexibility index (Phi) is 8.20. The average molecular weight is 496 g/mol. The van der Waals surface area contributed by atoms with Crippen molar-refractivity contribution in [3.05, 3.63) is 53.8 Å². The van der Waals surface area contributed by atoms with Crippen LogP contribution in [-0.2, 0) is 20.8 Å². The maximum Gasteiger partial charge on any atom is 0.313 e. The minimum Gasteiger partial charge on any atom is -0.369 e. The summed E-state index contributed by atoms with van der Waals surface area (Å²) in [5.41, 5.74) is 3.37. The molecule has 4 rings (SSSR count). The Morgan fingerprint density at radius 3 is 2.36 bits per heavy atom. The molecule has 2 aliphatic rings. The number of anilines is 3. The SMILES string of the molecule is CC(C)C(=O)N1CCCc2ccc(NC(=O)C(=O)NCCN3CCN(c4ccc(F)cc4)CC3)cc21. The zero-order chi connectivity index (χ0) is 25.7. The molecule has 3 amide bonds. The van der Waals surface area contributed by atoms with Crippen LogP contribution in [0.5, 0.6) is 0 Å². The van der Waals surface area contributed by atoms with Gasteiger partial charge in [0.25, 0.3) is 0 Å². The first-order valence-electron chi connectivity index (χ1n) is 12.6. The molecule has 2 aromatic rings. The summed E-state index contributed by atoms with van der Waals surface area (Å²) >= 11 is 0. The van der Waals surface area contributed by atoms with E-state index in [0.717, 1.165) is 56.0 Å². The molecular weight excluding hydrogens is 461 g/mol. The Labute approximate surface area is 211 Å². The molecule has 8 nitrogen and oxygen atoms in total. The minimum absolute atomic E-state index is 0.0515. The highest BCUT2D eigenvalue weighted by Gasteiger charge is 2.25. The average Bonchev–Trinajstić information content (AvgIpc) is 2.88. The largest absolute Gasteiger partial charge is 0.369 e. The van der Waals surface area contributed by atoms with E-state index in [-0.39, 0.29) is 17.6 Å². The fourth-order valence-corrected chi connectivity index (χ4v) is 4.67. The number of halogens is 1. The van der Waals surface area contributed by atoms with Crippen LogP contribution in [0, 0.1) is 11.7 Å². The molecule has 0 aliphatic carbocycles. The number of rotatable bonds is 6. The Hall–Kier alpha value is -3.46. The van der Waals surface area contributed by atoms with Gasteiger partial charge in [0.15, 0.2) is 0 Å². The molecule has 0 unspecified atom stereocenters. The lowest BCUT2D eigenvalue weighted by atomic mass is 9.99. The van der Waals surface area contributed by atoms with Gasteiger partial charge in [0.1, 0.15) is 5.82 Å². The van der Waals surface area contributed by atoms with E-state index >= 15 is 0 Å².